The van der Waals surface area contributed by atoms with Crippen molar-refractivity contribution in [2.75, 3.05) is 11.9 Å². The molecule has 1 heterocycles. The van der Waals surface area contributed by atoms with E-state index in [1.165, 1.54) is 6.07 Å². The number of hydrogen-bond donors (Lipinski definition) is 1. The van der Waals surface area contributed by atoms with Crippen LogP contribution in [0.15, 0.2) is 30.6 Å². The van der Waals surface area contributed by atoms with Crippen molar-refractivity contribution in [1.82, 2.24) is 4.98 Å². The summed E-state index contributed by atoms with van der Waals surface area (Å²) in [5.74, 6) is 0. The van der Waals surface area contributed by atoms with E-state index in [9.17, 15) is 10.1 Å². The molecule has 0 spiro atoms. The number of rotatable bonds is 4. The first-order chi connectivity index (χ1) is 8.24. The van der Waals surface area contributed by atoms with E-state index in [4.69, 9.17) is 0 Å². The van der Waals surface area contributed by atoms with Gasteiger partial charge in [0.15, 0.2) is 0 Å². The predicted molar refractivity (Wildman–Crippen MR) is 67.2 cm³/mol. The fourth-order valence-corrected chi connectivity index (χ4v) is 1.75. The second-order valence-corrected chi connectivity index (χ2v) is 3.74. The van der Waals surface area contributed by atoms with E-state index in [1.54, 1.807) is 24.5 Å². The van der Waals surface area contributed by atoms with Crippen molar-refractivity contribution in [3.05, 3.63) is 40.7 Å². The number of benzene rings is 1. The molecule has 0 unspecified atom stereocenters. The highest BCUT2D eigenvalue weighted by Gasteiger charge is 2.13. The molecular weight excluding hydrogens is 218 g/mol. The summed E-state index contributed by atoms with van der Waals surface area (Å²) in [5.41, 5.74) is 1.00. The molecule has 5 heteroatoms. The number of nitro groups is 1. The van der Waals surface area contributed by atoms with E-state index in [-0.39, 0.29) is 10.6 Å². The molecule has 1 N–H and O–H groups in total. The van der Waals surface area contributed by atoms with Gasteiger partial charge in [-0.1, -0.05) is 6.92 Å². The zero-order valence-electron chi connectivity index (χ0n) is 9.51. The molecule has 17 heavy (non-hydrogen) atoms. The number of nitrogens with one attached hydrogen (secondary N) is 1. The molecule has 2 aromatic rings. The van der Waals surface area contributed by atoms with Gasteiger partial charge in [-0.2, -0.15) is 0 Å². The van der Waals surface area contributed by atoms with Crippen LogP contribution < -0.4 is 5.32 Å². The lowest BCUT2D eigenvalue weighted by molar-refractivity contribution is -0.383. The fraction of sp³-hybridized carbons (Fsp3) is 0.250. The summed E-state index contributed by atoms with van der Waals surface area (Å²) >= 11 is 0. The minimum atomic E-state index is -0.369. The van der Waals surface area contributed by atoms with Gasteiger partial charge in [0, 0.05) is 36.1 Å². The number of fused-ring (bicyclic) bond motifs is 1. The van der Waals surface area contributed by atoms with Gasteiger partial charge in [-0.25, -0.2) is 0 Å². The number of nitro benzene ring substituents is 1. The molecule has 0 atom stereocenters. The standard InChI is InChI=1S/C12H13N3O2/c1-2-6-14-11-3-4-12(15(16)17)9-5-7-13-8-10(9)11/h3-5,7-8,14H,2,6H2,1H3. The third kappa shape index (κ3) is 2.18. The fourth-order valence-electron chi connectivity index (χ4n) is 1.75. The topological polar surface area (TPSA) is 68.1 Å². The van der Waals surface area contributed by atoms with Gasteiger partial charge in [0.05, 0.1) is 10.3 Å². The van der Waals surface area contributed by atoms with E-state index in [1.807, 2.05) is 0 Å². The number of hydrogen-bond acceptors (Lipinski definition) is 4. The van der Waals surface area contributed by atoms with Crippen LogP contribution in [0.3, 0.4) is 0 Å². The van der Waals surface area contributed by atoms with Crippen LogP contribution in [-0.4, -0.2) is 16.5 Å². The zero-order valence-corrected chi connectivity index (χ0v) is 9.51. The van der Waals surface area contributed by atoms with Gasteiger partial charge in [-0.3, -0.25) is 15.1 Å². The van der Waals surface area contributed by atoms with Crippen molar-refractivity contribution >= 4 is 22.1 Å². The Hall–Kier alpha value is -2.17. The van der Waals surface area contributed by atoms with Crippen molar-refractivity contribution < 1.29 is 4.92 Å². The normalized spacial score (nSPS) is 10.4. The first-order valence-corrected chi connectivity index (χ1v) is 5.49. The molecule has 0 radical (unpaired) electrons. The van der Waals surface area contributed by atoms with E-state index >= 15 is 0 Å². The van der Waals surface area contributed by atoms with Gasteiger partial charge in [-0.15, -0.1) is 0 Å². The molecule has 88 valence electrons. The Morgan fingerprint density at radius 2 is 2.18 bits per heavy atom. The predicted octanol–water partition coefficient (Wildman–Crippen LogP) is 2.96. The van der Waals surface area contributed by atoms with Crippen molar-refractivity contribution in [3.8, 4) is 0 Å². The van der Waals surface area contributed by atoms with Crippen LogP contribution >= 0.6 is 0 Å². The highest BCUT2D eigenvalue weighted by atomic mass is 16.6. The number of non-ortho nitro benzene ring substituents is 1. The summed E-state index contributed by atoms with van der Waals surface area (Å²) in [4.78, 5) is 14.6. The molecule has 0 saturated heterocycles. The van der Waals surface area contributed by atoms with Crippen LogP contribution in [0.4, 0.5) is 11.4 Å². The molecular formula is C12H13N3O2. The second-order valence-electron chi connectivity index (χ2n) is 3.74. The summed E-state index contributed by atoms with van der Waals surface area (Å²) in [5, 5.41) is 15.5. The Balaban J connectivity index is 2.58. The summed E-state index contributed by atoms with van der Waals surface area (Å²) < 4.78 is 0. The number of aromatic nitrogens is 1. The molecule has 1 aromatic heterocycles. The third-order valence-electron chi connectivity index (χ3n) is 2.56. The van der Waals surface area contributed by atoms with Crippen molar-refractivity contribution in [3.63, 3.8) is 0 Å². The highest BCUT2D eigenvalue weighted by molar-refractivity contribution is 5.99. The third-order valence-corrected chi connectivity index (χ3v) is 2.56. The largest absolute Gasteiger partial charge is 0.385 e. The maximum Gasteiger partial charge on any atom is 0.277 e. The molecule has 0 bridgehead atoms. The first kappa shape index (κ1) is 11.3. The summed E-state index contributed by atoms with van der Waals surface area (Å²) in [6, 6.07) is 4.93. The van der Waals surface area contributed by atoms with Gasteiger partial charge in [0.2, 0.25) is 0 Å². The van der Waals surface area contributed by atoms with Gasteiger partial charge in [-0.05, 0) is 18.6 Å². The van der Waals surface area contributed by atoms with E-state index in [0.29, 0.717) is 5.39 Å². The number of nitrogens with zero attached hydrogens (tertiary/aromatic N) is 2. The molecule has 0 aliphatic heterocycles. The molecule has 1 aromatic carbocycles. The van der Waals surface area contributed by atoms with Crippen LogP contribution in [0, 0.1) is 10.1 Å². The average Bonchev–Trinajstić information content (AvgIpc) is 2.35. The first-order valence-electron chi connectivity index (χ1n) is 5.49. The lowest BCUT2D eigenvalue weighted by atomic mass is 10.1. The molecule has 0 saturated carbocycles. The highest BCUT2D eigenvalue weighted by Crippen LogP contribution is 2.30. The Morgan fingerprint density at radius 3 is 2.88 bits per heavy atom. The van der Waals surface area contributed by atoms with Crippen LogP contribution in [0.1, 0.15) is 13.3 Å². The lowest BCUT2D eigenvalue weighted by Gasteiger charge is -2.08. The minimum Gasteiger partial charge on any atom is -0.385 e. The summed E-state index contributed by atoms with van der Waals surface area (Å²) in [7, 11) is 0. The lowest BCUT2D eigenvalue weighted by Crippen LogP contribution is -2.01. The molecule has 0 aliphatic carbocycles. The van der Waals surface area contributed by atoms with Crippen LogP contribution in [0.5, 0.6) is 0 Å². The quantitative estimate of drug-likeness (QED) is 0.648. The van der Waals surface area contributed by atoms with Crippen LogP contribution in [0.25, 0.3) is 10.8 Å². The van der Waals surface area contributed by atoms with Gasteiger partial charge < -0.3 is 5.32 Å². The maximum atomic E-state index is 10.9. The number of anilines is 1. The summed E-state index contributed by atoms with van der Waals surface area (Å²) in [6.45, 7) is 2.90. The molecule has 5 nitrogen and oxygen atoms in total. The van der Waals surface area contributed by atoms with Crippen molar-refractivity contribution in [1.29, 1.82) is 0 Å². The average molecular weight is 231 g/mol. The molecule has 0 fully saturated rings. The molecule has 2 rings (SSSR count). The van der Waals surface area contributed by atoms with Gasteiger partial charge in [0.25, 0.3) is 5.69 Å². The Morgan fingerprint density at radius 1 is 1.35 bits per heavy atom. The van der Waals surface area contributed by atoms with E-state index in [2.05, 4.69) is 17.2 Å². The van der Waals surface area contributed by atoms with Crippen molar-refractivity contribution in [2.45, 2.75) is 13.3 Å². The van der Waals surface area contributed by atoms with E-state index in [0.717, 1.165) is 24.0 Å². The van der Waals surface area contributed by atoms with Crippen LogP contribution in [0.2, 0.25) is 0 Å². The Bertz CT molecular complexity index is 554. The zero-order chi connectivity index (χ0) is 12.3. The number of pyridine rings is 1. The molecule has 0 amide bonds. The Labute approximate surface area is 98.6 Å². The SMILES string of the molecule is CCCNc1ccc([N+](=O)[O-])c2ccncc12. The van der Waals surface area contributed by atoms with Gasteiger partial charge >= 0.3 is 0 Å². The monoisotopic (exact) mass is 231 g/mol. The Kier molecular flexibility index (Phi) is 3.18. The van der Waals surface area contributed by atoms with Gasteiger partial charge in [0.1, 0.15) is 0 Å². The minimum absolute atomic E-state index is 0.115. The summed E-state index contributed by atoms with van der Waals surface area (Å²) in [6.07, 6.45) is 4.22. The maximum absolute atomic E-state index is 10.9. The smallest absolute Gasteiger partial charge is 0.277 e. The van der Waals surface area contributed by atoms with Crippen LogP contribution in [-0.2, 0) is 0 Å². The van der Waals surface area contributed by atoms with Crippen molar-refractivity contribution in [2.24, 2.45) is 0 Å². The second kappa shape index (κ2) is 4.78. The molecule has 0 aliphatic rings. The van der Waals surface area contributed by atoms with E-state index < -0.39 is 0 Å².